The van der Waals surface area contributed by atoms with Crippen molar-refractivity contribution in [2.45, 2.75) is 11.7 Å². The molecule has 29 heavy (non-hydrogen) atoms. The average Bonchev–Trinajstić information content (AvgIpc) is 3.11. The van der Waals surface area contributed by atoms with Crippen LogP contribution in [0.2, 0.25) is 5.02 Å². The highest BCUT2D eigenvalue weighted by atomic mass is 79.9. The Kier molecular flexibility index (Phi) is 8.45. The van der Waals surface area contributed by atoms with E-state index in [0.29, 0.717) is 72.3 Å². The summed E-state index contributed by atoms with van der Waals surface area (Å²) < 4.78 is 8.05. The number of rotatable bonds is 11. The first-order valence-corrected chi connectivity index (χ1v) is 11.2. The van der Waals surface area contributed by atoms with Crippen molar-refractivity contribution < 1.29 is 4.74 Å². The molecule has 0 fully saturated rings. The minimum Gasteiger partial charge on any atom is -0.379 e. The second-order valence-corrected chi connectivity index (χ2v) is 8.36. The topological polar surface area (TPSA) is 130 Å². The van der Waals surface area contributed by atoms with Crippen molar-refractivity contribution in [3.8, 4) is 0 Å². The molecule has 2 aromatic heterocycles. The molecule has 2 heterocycles. The highest BCUT2D eigenvalue weighted by Crippen LogP contribution is 2.25. The van der Waals surface area contributed by atoms with Gasteiger partial charge in [-0.25, -0.2) is 14.6 Å². The van der Waals surface area contributed by atoms with Gasteiger partial charge in [-0.3, -0.25) is 0 Å². The highest BCUT2D eigenvalue weighted by Gasteiger charge is 2.16. The first kappa shape index (κ1) is 22.2. The number of nitrogens with two attached hydrogens (primary N) is 2. The Morgan fingerprint density at radius 2 is 2.07 bits per heavy atom. The molecular formula is C17H22BrClN8OS. The predicted octanol–water partition coefficient (Wildman–Crippen LogP) is 2.12. The lowest BCUT2D eigenvalue weighted by atomic mass is 10.2. The first-order chi connectivity index (χ1) is 14.1. The quantitative estimate of drug-likeness (QED) is 0.205. The molecule has 9 nitrogen and oxygen atoms in total. The van der Waals surface area contributed by atoms with Crippen LogP contribution in [-0.4, -0.2) is 63.6 Å². The van der Waals surface area contributed by atoms with E-state index in [9.17, 15) is 0 Å². The van der Waals surface area contributed by atoms with E-state index in [0.717, 1.165) is 10.0 Å². The number of hydrogen-bond acceptors (Lipinski definition) is 9. The summed E-state index contributed by atoms with van der Waals surface area (Å²) in [6.45, 7) is 3.10. The second-order valence-electron chi connectivity index (χ2n) is 5.97. The normalized spacial score (nSPS) is 11.3. The summed E-state index contributed by atoms with van der Waals surface area (Å²) in [4.78, 5) is 9.21. The van der Waals surface area contributed by atoms with Crippen molar-refractivity contribution >= 4 is 56.3 Å². The molecule has 0 aliphatic carbocycles. The Labute approximate surface area is 186 Å². The van der Waals surface area contributed by atoms with E-state index in [1.165, 1.54) is 11.8 Å². The van der Waals surface area contributed by atoms with E-state index in [4.69, 9.17) is 27.8 Å². The molecule has 156 valence electrons. The number of benzene rings is 1. The molecule has 3 aromatic rings. The van der Waals surface area contributed by atoms with Crippen molar-refractivity contribution in [1.29, 1.82) is 0 Å². The largest absolute Gasteiger partial charge is 0.379 e. The van der Waals surface area contributed by atoms with Gasteiger partial charge in [0, 0.05) is 34.9 Å². The van der Waals surface area contributed by atoms with Gasteiger partial charge in [0.15, 0.2) is 22.1 Å². The number of hydrogen-bond donors (Lipinski definition) is 3. The number of aromatic nitrogens is 5. The smallest absolute Gasteiger partial charge is 0.191 e. The second kappa shape index (κ2) is 11.0. The number of anilines is 1. The molecule has 0 saturated carbocycles. The maximum atomic E-state index is 6.36. The SMILES string of the molecule is NCCNc1nc(SCCOCCN)nc2c1nnn2Cc1ccc(Br)cc1Cl. The Morgan fingerprint density at radius 1 is 1.21 bits per heavy atom. The van der Waals surface area contributed by atoms with Gasteiger partial charge in [-0.15, -0.1) is 5.10 Å². The average molecular weight is 502 g/mol. The minimum absolute atomic E-state index is 0.444. The predicted molar refractivity (Wildman–Crippen MR) is 120 cm³/mol. The minimum atomic E-state index is 0.444. The van der Waals surface area contributed by atoms with Crippen molar-refractivity contribution in [3.05, 3.63) is 33.3 Å². The van der Waals surface area contributed by atoms with Crippen molar-refractivity contribution in [3.63, 3.8) is 0 Å². The maximum Gasteiger partial charge on any atom is 0.191 e. The van der Waals surface area contributed by atoms with Crippen molar-refractivity contribution in [1.82, 2.24) is 25.0 Å². The first-order valence-electron chi connectivity index (χ1n) is 9.02. The number of halogens is 2. The Morgan fingerprint density at radius 3 is 2.83 bits per heavy atom. The number of ether oxygens (including phenoxy) is 1. The summed E-state index contributed by atoms with van der Waals surface area (Å²) in [6, 6.07) is 5.73. The van der Waals surface area contributed by atoms with Crippen LogP contribution < -0.4 is 16.8 Å². The Hall–Kier alpha value is -1.50. The monoisotopic (exact) mass is 500 g/mol. The van der Waals surface area contributed by atoms with Gasteiger partial charge in [-0.1, -0.05) is 50.6 Å². The maximum absolute atomic E-state index is 6.36. The van der Waals surface area contributed by atoms with E-state index in [1.807, 2.05) is 18.2 Å². The van der Waals surface area contributed by atoms with Crippen LogP contribution in [0.3, 0.4) is 0 Å². The van der Waals surface area contributed by atoms with Gasteiger partial charge in [-0.05, 0) is 17.7 Å². The summed E-state index contributed by atoms with van der Waals surface area (Å²) in [5.74, 6) is 1.32. The molecule has 0 bridgehead atoms. The van der Waals surface area contributed by atoms with Crippen LogP contribution in [0.4, 0.5) is 5.82 Å². The van der Waals surface area contributed by atoms with Gasteiger partial charge in [0.2, 0.25) is 0 Å². The standard InChI is InChI=1S/C17H22BrClN8OS/c18-12-2-1-11(13(19)9-12)10-27-16-14(25-26-27)15(22-5-3-20)23-17(24-16)29-8-7-28-6-4-21/h1-2,9H,3-8,10,20-21H2,(H,22,23,24). The van der Waals surface area contributed by atoms with Gasteiger partial charge in [0.05, 0.1) is 19.8 Å². The number of thioether (sulfide) groups is 1. The third-order valence-corrected chi connectivity index (χ3v) is 5.49. The van der Waals surface area contributed by atoms with E-state index >= 15 is 0 Å². The fourth-order valence-electron chi connectivity index (χ4n) is 2.51. The molecule has 0 spiro atoms. The van der Waals surface area contributed by atoms with Crippen molar-refractivity contribution in [2.75, 3.05) is 43.9 Å². The van der Waals surface area contributed by atoms with Crippen LogP contribution in [0.5, 0.6) is 0 Å². The fourth-order valence-corrected chi connectivity index (χ4v) is 3.93. The molecule has 0 aliphatic heterocycles. The van der Waals surface area contributed by atoms with Crippen molar-refractivity contribution in [2.24, 2.45) is 11.5 Å². The van der Waals surface area contributed by atoms with Gasteiger partial charge < -0.3 is 21.5 Å². The molecule has 0 unspecified atom stereocenters. The third kappa shape index (κ3) is 6.00. The number of nitrogens with one attached hydrogen (secondary N) is 1. The Balaban J connectivity index is 1.87. The third-order valence-electron chi connectivity index (χ3n) is 3.84. The van der Waals surface area contributed by atoms with Gasteiger partial charge in [0.1, 0.15) is 0 Å². The molecule has 0 saturated heterocycles. The zero-order valence-electron chi connectivity index (χ0n) is 15.6. The molecule has 0 aliphatic rings. The van der Waals surface area contributed by atoms with Gasteiger partial charge in [0.25, 0.3) is 0 Å². The molecule has 0 atom stereocenters. The van der Waals surface area contributed by atoms with E-state index in [1.54, 1.807) is 4.68 Å². The van der Waals surface area contributed by atoms with E-state index in [2.05, 4.69) is 41.5 Å². The fraction of sp³-hybridized carbons (Fsp3) is 0.412. The summed E-state index contributed by atoms with van der Waals surface area (Å²) in [5, 5.41) is 13.0. The summed E-state index contributed by atoms with van der Waals surface area (Å²) in [5.41, 5.74) is 13.2. The Bertz CT molecular complexity index is 957. The molecule has 0 radical (unpaired) electrons. The summed E-state index contributed by atoms with van der Waals surface area (Å²) >= 11 is 11.3. The van der Waals surface area contributed by atoms with E-state index in [-0.39, 0.29) is 0 Å². The zero-order valence-corrected chi connectivity index (χ0v) is 18.8. The number of nitrogens with zero attached hydrogens (tertiary/aromatic N) is 5. The lowest BCUT2D eigenvalue weighted by Crippen LogP contribution is -2.15. The van der Waals surface area contributed by atoms with Crippen LogP contribution in [-0.2, 0) is 11.3 Å². The lowest BCUT2D eigenvalue weighted by Gasteiger charge is -2.09. The molecule has 3 rings (SSSR count). The summed E-state index contributed by atoms with van der Waals surface area (Å²) in [7, 11) is 0. The molecule has 5 N–H and O–H groups in total. The van der Waals surface area contributed by atoms with Gasteiger partial charge >= 0.3 is 0 Å². The molecule has 12 heteroatoms. The van der Waals surface area contributed by atoms with Crippen LogP contribution in [0, 0.1) is 0 Å². The van der Waals surface area contributed by atoms with Crippen LogP contribution in [0.15, 0.2) is 27.8 Å². The molecule has 0 amide bonds. The summed E-state index contributed by atoms with van der Waals surface area (Å²) in [6.07, 6.45) is 0. The zero-order chi connectivity index (χ0) is 20.6. The van der Waals surface area contributed by atoms with Crippen LogP contribution in [0.25, 0.3) is 11.2 Å². The highest BCUT2D eigenvalue weighted by molar-refractivity contribution is 9.10. The van der Waals surface area contributed by atoms with Gasteiger partial charge in [-0.2, -0.15) is 0 Å². The number of fused-ring (bicyclic) bond motifs is 1. The van der Waals surface area contributed by atoms with Crippen LogP contribution in [0.1, 0.15) is 5.56 Å². The van der Waals surface area contributed by atoms with E-state index < -0.39 is 0 Å². The van der Waals surface area contributed by atoms with Crippen LogP contribution >= 0.6 is 39.3 Å². The molecular weight excluding hydrogens is 480 g/mol. The lowest BCUT2D eigenvalue weighted by molar-refractivity contribution is 0.158. The molecule has 1 aromatic carbocycles.